The first kappa shape index (κ1) is 25.2. The summed E-state index contributed by atoms with van der Waals surface area (Å²) in [5.74, 6) is -0.301. The highest BCUT2D eigenvalue weighted by Gasteiger charge is 2.22. The maximum Gasteiger partial charge on any atom is 0.330 e. The number of nitrogen functional groups attached to an aromatic ring is 1. The molecule has 3 aromatic carbocycles. The molecule has 0 aliphatic rings. The van der Waals surface area contributed by atoms with Gasteiger partial charge in [-0.3, -0.25) is 23.7 Å². The van der Waals surface area contributed by atoms with Crippen molar-refractivity contribution >= 4 is 35.0 Å². The molecule has 0 spiro atoms. The van der Waals surface area contributed by atoms with Crippen molar-refractivity contribution in [1.82, 2.24) is 24.3 Å². The molecule has 11 heteroatoms. The fourth-order valence-corrected chi connectivity index (χ4v) is 4.89. The lowest BCUT2D eigenvalue weighted by molar-refractivity contribution is 0.102. The Morgan fingerprint density at radius 1 is 0.921 bits per heavy atom. The van der Waals surface area contributed by atoms with Crippen LogP contribution in [-0.4, -0.2) is 35.9 Å². The Hall–Kier alpha value is -4.41. The summed E-state index contributed by atoms with van der Waals surface area (Å²) in [4.78, 5) is 40.5. The van der Waals surface area contributed by atoms with Crippen LogP contribution in [-0.2, 0) is 6.54 Å². The van der Waals surface area contributed by atoms with Crippen LogP contribution in [0.3, 0.4) is 0 Å². The number of thioether (sulfide) groups is 1. The monoisotopic (exact) mass is 544 g/mol. The molecule has 38 heavy (non-hydrogen) atoms. The van der Waals surface area contributed by atoms with Gasteiger partial charge in [0.1, 0.15) is 11.4 Å². The third-order valence-corrected chi connectivity index (χ3v) is 6.97. The van der Waals surface area contributed by atoms with Gasteiger partial charge in [-0.25, -0.2) is 4.79 Å². The van der Waals surface area contributed by atoms with Crippen molar-refractivity contribution < 1.29 is 4.79 Å². The minimum absolute atomic E-state index is 0.114. The first-order chi connectivity index (χ1) is 18.4. The van der Waals surface area contributed by atoms with Gasteiger partial charge in [0.25, 0.3) is 5.56 Å². The standard InChI is InChI=1S/C27H21ClN6O3S/c28-19-13-11-18(12-14-19)24-31-32-27(34(24)20-9-5-2-6-10-20)38-16-21(35)22-23(29)33(26(37)30-25(22)36)15-17-7-3-1-4-8-17/h1-14H,15-16,29H2,(H,30,36,37). The molecule has 190 valence electrons. The van der Waals surface area contributed by atoms with E-state index in [1.54, 1.807) is 12.1 Å². The molecule has 0 saturated heterocycles. The van der Waals surface area contributed by atoms with E-state index in [9.17, 15) is 14.4 Å². The van der Waals surface area contributed by atoms with Gasteiger partial charge in [-0.1, -0.05) is 71.9 Å². The van der Waals surface area contributed by atoms with E-state index < -0.39 is 17.0 Å². The predicted molar refractivity (Wildman–Crippen MR) is 148 cm³/mol. The minimum Gasteiger partial charge on any atom is -0.384 e. The van der Waals surface area contributed by atoms with Gasteiger partial charge in [0.05, 0.1) is 12.3 Å². The van der Waals surface area contributed by atoms with Crippen LogP contribution in [0.2, 0.25) is 5.02 Å². The summed E-state index contributed by atoms with van der Waals surface area (Å²) in [6.45, 7) is 0.114. The number of hydrogen-bond acceptors (Lipinski definition) is 7. The van der Waals surface area contributed by atoms with E-state index in [4.69, 9.17) is 17.3 Å². The average molecular weight is 545 g/mol. The largest absolute Gasteiger partial charge is 0.384 e. The van der Waals surface area contributed by atoms with Crippen molar-refractivity contribution in [2.45, 2.75) is 11.7 Å². The summed E-state index contributed by atoms with van der Waals surface area (Å²) < 4.78 is 3.00. The molecule has 0 bridgehead atoms. The molecule has 0 saturated carbocycles. The Bertz CT molecular complexity index is 1710. The third-order valence-electron chi connectivity index (χ3n) is 5.78. The van der Waals surface area contributed by atoms with Crippen molar-refractivity contribution in [1.29, 1.82) is 0 Å². The molecule has 0 unspecified atom stereocenters. The van der Waals surface area contributed by atoms with E-state index in [1.165, 1.54) is 4.57 Å². The van der Waals surface area contributed by atoms with Gasteiger partial charge in [-0.05, 0) is 42.0 Å². The maximum atomic E-state index is 13.2. The molecule has 5 aromatic rings. The Kier molecular flexibility index (Phi) is 7.25. The fraction of sp³-hybridized carbons (Fsp3) is 0.0741. The van der Waals surface area contributed by atoms with Crippen molar-refractivity contribution in [3.05, 3.63) is 122 Å². The zero-order valence-electron chi connectivity index (χ0n) is 19.9. The third kappa shape index (κ3) is 5.17. The zero-order valence-corrected chi connectivity index (χ0v) is 21.4. The molecular weight excluding hydrogens is 524 g/mol. The van der Waals surface area contributed by atoms with Gasteiger partial charge in [0.15, 0.2) is 16.8 Å². The molecular formula is C27H21ClN6O3S. The molecule has 0 aliphatic heterocycles. The number of ketones is 1. The van der Waals surface area contributed by atoms with E-state index >= 15 is 0 Å². The number of H-pyrrole nitrogens is 1. The smallest absolute Gasteiger partial charge is 0.330 e. The minimum atomic E-state index is -0.825. The van der Waals surface area contributed by atoms with Gasteiger partial charge >= 0.3 is 5.69 Å². The highest BCUT2D eigenvalue weighted by Crippen LogP contribution is 2.29. The number of hydrogen-bond donors (Lipinski definition) is 2. The first-order valence-corrected chi connectivity index (χ1v) is 12.9. The number of benzene rings is 3. The van der Waals surface area contributed by atoms with Crippen LogP contribution in [0.4, 0.5) is 5.82 Å². The second-order valence-electron chi connectivity index (χ2n) is 8.29. The zero-order chi connectivity index (χ0) is 26.6. The van der Waals surface area contributed by atoms with E-state index in [-0.39, 0.29) is 23.7 Å². The number of aromatic nitrogens is 5. The quantitative estimate of drug-likeness (QED) is 0.223. The summed E-state index contributed by atoms with van der Waals surface area (Å²) in [5.41, 5.74) is 6.79. The lowest BCUT2D eigenvalue weighted by atomic mass is 10.2. The number of anilines is 1. The second kappa shape index (κ2) is 10.9. The number of aromatic amines is 1. The molecule has 0 aliphatic carbocycles. The predicted octanol–water partition coefficient (Wildman–Crippen LogP) is 4.04. The Morgan fingerprint density at radius 3 is 2.26 bits per heavy atom. The second-order valence-corrected chi connectivity index (χ2v) is 9.67. The SMILES string of the molecule is Nc1c(C(=O)CSc2nnc(-c3ccc(Cl)cc3)n2-c2ccccc2)c(=O)[nH]c(=O)n1Cc1ccccc1. The number of carbonyl (C=O) groups is 1. The van der Waals surface area contributed by atoms with Crippen LogP contribution in [0, 0.1) is 0 Å². The number of carbonyl (C=O) groups excluding carboxylic acids is 1. The summed E-state index contributed by atoms with van der Waals surface area (Å²) in [6.07, 6.45) is 0. The van der Waals surface area contributed by atoms with Crippen molar-refractivity contribution in [2.75, 3.05) is 11.5 Å². The van der Waals surface area contributed by atoms with Gasteiger partial charge in [-0.2, -0.15) is 0 Å². The van der Waals surface area contributed by atoms with E-state index in [1.807, 2.05) is 77.4 Å². The summed E-state index contributed by atoms with van der Waals surface area (Å²) >= 11 is 7.16. The highest BCUT2D eigenvalue weighted by molar-refractivity contribution is 7.99. The summed E-state index contributed by atoms with van der Waals surface area (Å²) in [5, 5.41) is 9.70. The van der Waals surface area contributed by atoms with Gasteiger partial charge < -0.3 is 5.73 Å². The molecule has 5 rings (SSSR count). The molecule has 0 fully saturated rings. The number of nitrogens with one attached hydrogen (secondary N) is 1. The number of nitrogens with zero attached hydrogens (tertiary/aromatic N) is 4. The Balaban J connectivity index is 1.46. The number of rotatable bonds is 8. The number of halogens is 1. The van der Waals surface area contributed by atoms with Gasteiger partial charge in [0, 0.05) is 16.3 Å². The normalized spacial score (nSPS) is 11.0. The van der Waals surface area contributed by atoms with Crippen LogP contribution in [0.25, 0.3) is 17.1 Å². The van der Waals surface area contributed by atoms with Crippen molar-refractivity contribution in [3.63, 3.8) is 0 Å². The van der Waals surface area contributed by atoms with Crippen LogP contribution < -0.4 is 17.0 Å². The van der Waals surface area contributed by atoms with Crippen LogP contribution in [0.15, 0.2) is 99.7 Å². The number of Topliss-reactive ketones (excluding diaryl/α,β-unsaturated/α-hetero) is 1. The first-order valence-electron chi connectivity index (χ1n) is 11.5. The lowest BCUT2D eigenvalue weighted by Gasteiger charge is -2.13. The van der Waals surface area contributed by atoms with Crippen LogP contribution in [0.1, 0.15) is 15.9 Å². The molecule has 2 aromatic heterocycles. The van der Waals surface area contributed by atoms with Crippen molar-refractivity contribution in [3.8, 4) is 17.1 Å². The van der Waals surface area contributed by atoms with Crippen LogP contribution >= 0.6 is 23.4 Å². The van der Waals surface area contributed by atoms with E-state index in [0.29, 0.717) is 16.0 Å². The molecule has 0 atom stereocenters. The fourth-order valence-electron chi connectivity index (χ4n) is 3.94. The molecule has 0 radical (unpaired) electrons. The van der Waals surface area contributed by atoms with E-state index in [0.717, 1.165) is 28.6 Å². The Labute approximate surface area is 225 Å². The molecule has 9 nitrogen and oxygen atoms in total. The Morgan fingerprint density at radius 2 is 1.58 bits per heavy atom. The lowest BCUT2D eigenvalue weighted by Crippen LogP contribution is -2.36. The van der Waals surface area contributed by atoms with Crippen molar-refractivity contribution in [2.24, 2.45) is 0 Å². The maximum absolute atomic E-state index is 13.2. The molecule has 3 N–H and O–H groups in total. The number of nitrogens with two attached hydrogens (primary N) is 1. The molecule has 2 heterocycles. The topological polar surface area (TPSA) is 129 Å². The highest BCUT2D eigenvalue weighted by atomic mass is 35.5. The molecule has 0 amide bonds. The van der Waals surface area contributed by atoms with Crippen LogP contribution in [0.5, 0.6) is 0 Å². The summed E-state index contributed by atoms with van der Waals surface area (Å²) in [6, 6.07) is 25.8. The van der Waals surface area contributed by atoms with Gasteiger partial charge in [0.2, 0.25) is 0 Å². The average Bonchev–Trinajstić information content (AvgIpc) is 3.35. The van der Waals surface area contributed by atoms with Gasteiger partial charge in [-0.15, -0.1) is 10.2 Å². The van der Waals surface area contributed by atoms with E-state index in [2.05, 4.69) is 15.2 Å². The number of para-hydroxylation sites is 1. The summed E-state index contributed by atoms with van der Waals surface area (Å²) in [7, 11) is 0.